The molecule has 5 rings (SSSR count). The largest absolute Gasteiger partial charge is 0.496 e. The van der Waals surface area contributed by atoms with Crippen LogP contribution in [0.15, 0.2) is 97.2 Å². The van der Waals surface area contributed by atoms with Crippen molar-refractivity contribution in [2.75, 3.05) is 19.5 Å². The van der Waals surface area contributed by atoms with E-state index in [0.29, 0.717) is 29.9 Å². The minimum absolute atomic E-state index is 0.0612. The van der Waals surface area contributed by atoms with Crippen LogP contribution in [0.1, 0.15) is 22.3 Å². The van der Waals surface area contributed by atoms with Crippen LogP contribution in [-0.2, 0) is 19.1 Å². The number of nitrogens with zero attached hydrogens (tertiary/aromatic N) is 1. The Morgan fingerprint density at radius 1 is 0.795 bits per heavy atom. The first-order valence-corrected chi connectivity index (χ1v) is 12.4. The number of alkyl halides is 3. The van der Waals surface area contributed by atoms with E-state index in [2.05, 4.69) is 10.3 Å². The molecule has 4 aromatic carbocycles. The number of pyridine rings is 1. The highest BCUT2D eigenvalue weighted by molar-refractivity contribution is 5.98. The van der Waals surface area contributed by atoms with Crippen LogP contribution >= 0.6 is 0 Å². The molecule has 0 aliphatic carbocycles. The van der Waals surface area contributed by atoms with Crippen LogP contribution in [0.2, 0.25) is 0 Å². The average Bonchev–Trinajstić information content (AvgIpc) is 2.95. The molecule has 7 heteroatoms. The second-order valence-electron chi connectivity index (χ2n) is 9.10. The van der Waals surface area contributed by atoms with Gasteiger partial charge < -0.3 is 14.8 Å². The van der Waals surface area contributed by atoms with Gasteiger partial charge in [-0.2, -0.15) is 13.2 Å². The molecule has 0 unspecified atom stereocenters. The first-order chi connectivity index (χ1) is 18.9. The van der Waals surface area contributed by atoms with Crippen molar-refractivity contribution >= 4 is 16.6 Å². The number of hydrogen-bond donors (Lipinski definition) is 1. The summed E-state index contributed by atoms with van der Waals surface area (Å²) < 4.78 is 52.7. The summed E-state index contributed by atoms with van der Waals surface area (Å²) in [5.41, 5.74) is 4.28. The van der Waals surface area contributed by atoms with Gasteiger partial charge in [-0.15, -0.1) is 0 Å². The lowest BCUT2D eigenvalue weighted by atomic mass is 9.91. The molecule has 4 nitrogen and oxygen atoms in total. The molecule has 0 amide bonds. The Balaban J connectivity index is 1.60. The third-order valence-electron chi connectivity index (χ3n) is 6.67. The molecule has 0 aliphatic rings. The Hall–Kier alpha value is -4.52. The standard InChI is InChI=1S/C32H27F3N2O2/c1-38-28-15-8-16-29(39-2)26(28)20-36-24-12-6-11-22(18-24)30-23(17-21-9-4-3-5-10-21)19-37-31-25(30)13-7-14-27(31)32(33,34)35/h3-16,18-19,36H,17,20H2,1-2H3. The first-order valence-electron chi connectivity index (χ1n) is 12.4. The molecule has 5 aromatic rings. The quantitative estimate of drug-likeness (QED) is 0.221. The summed E-state index contributed by atoms with van der Waals surface area (Å²) in [6, 6.07) is 27.3. The predicted octanol–water partition coefficient (Wildman–Crippen LogP) is 8.14. The number of hydrogen-bond acceptors (Lipinski definition) is 4. The molecule has 1 heterocycles. The molecule has 0 saturated carbocycles. The van der Waals surface area contributed by atoms with Crippen molar-refractivity contribution < 1.29 is 22.6 Å². The SMILES string of the molecule is COc1cccc(OC)c1CNc1cccc(-c2c(Cc3ccccc3)cnc3c(C(F)(F)F)cccc23)c1. The van der Waals surface area contributed by atoms with Gasteiger partial charge in [0.05, 0.1) is 30.9 Å². The molecule has 0 bridgehead atoms. The summed E-state index contributed by atoms with van der Waals surface area (Å²) >= 11 is 0. The van der Waals surface area contributed by atoms with E-state index in [1.54, 1.807) is 26.5 Å². The average molecular weight is 529 g/mol. The van der Waals surface area contributed by atoms with Gasteiger partial charge in [0.15, 0.2) is 0 Å². The molecule has 0 atom stereocenters. The zero-order valence-corrected chi connectivity index (χ0v) is 21.5. The van der Waals surface area contributed by atoms with Crippen molar-refractivity contribution in [3.63, 3.8) is 0 Å². The molecule has 39 heavy (non-hydrogen) atoms. The Morgan fingerprint density at radius 3 is 2.18 bits per heavy atom. The number of benzene rings is 4. The Morgan fingerprint density at radius 2 is 1.49 bits per heavy atom. The second kappa shape index (κ2) is 11.1. The fourth-order valence-electron chi connectivity index (χ4n) is 4.86. The summed E-state index contributed by atoms with van der Waals surface area (Å²) in [6.45, 7) is 0.433. The van der Waals surface area contributed by atoms with E-state index in [4.69, 9.17) is 9.47 Å². The summed E-state index contributed by atoms with van der Waals surface area (Å²) in [4.78, 5) is 4.30. The van der Waals surface area contributed by atoms with Crippen LogP contribution in [0.5, 0.6) is 11.5 Å². The topological polar surface area (TPSA) is 43.4 Å². The maximum absolute atomic E-state index is 13.9. The number of aromatic nitrogens is 1. The molecular weight excluding hydrogens is 501 g/mol. The maximum atomic E-state index is 13.9. The third-order valence-corrected chi connectivity index (χ3v) is 6.67. The Kier molecular flexibility index (Phi) is 7.41. The maximum Gasteiger partial charge on any atom is 0.418 e. The number of anilines is 1. The molecule has 0 aliphatic heterocycles. The molecule has 0 spiro atoms. The van der Waals surface area contributed by atoms with Gasteiger partial charge in [-0.25, -0.2) is 0 Å². The third kappa shape index (κ3) is 5.53. The van der Waals surface area contributed by atoms with Gasteiger partial charge in [0.1, 0.15) is 11.5 Å². The molecular formula is C32H27F3N2O2. The minimum atomic E-state index is -4.51. The van der Waals surface area contributed by atoms with E-state index in [1.807, 2.05) is 72.8 Å². The van der Waals surface area contributed by atoms with E-state index in [1.165, 1.54) is 6.07 Å². The summed E-state index contributed by atoms with van der Waals surface area (Å²) in [5.74, 6) is 1.39. The second-order valence-corrected chi connectivity index (χ2v) is 9.10. The number of ether oxygens (including phenoxy) is 2. The van der Waals surface area contributed by atoms with Crippen molar-refractivity contribution in [1.29, 1.82) is 0 Å². The van der Waals surface area contributed by atoms with Crippen LogP contribution in [0.4, 0.5) is 18.9 Å². The molecule has 0 fully saturated rings. The first kappa shape index (κ1) is 26.1. The minimum Gasteiger partial charge on any atom is -0.496 e. The van der Waals surface area contributed by atoms with Gasteiger partial charge in [-0.1, -0.05) is 60.7 Å². The smallest absolute Gasteiger partial charge is 0.418 e. The van der Waals surface area contributed by atoms with Gasteiger partial charge in [0.2, 0.25) is 0 Å². The van der Waals surface area contributed by atoms with Crippen LogP contribution in [0.3, 0.4) is 0 Å². The number of fused-ring (bicyclic) bond motifs is 1. The normalized spacial score (nSPS) is 11.4. The molecule has 1 N–H and O–H groups in total. The number of rotatable bonds is 8. The van der Waals surface area contributed by atoms with Crippen molar-refractivity contribution in [3.8, 4) is 22.6 Å². The molecule has 198 valence electrons. The lowest BCUT2D eigenvalue weighted by Gasteiger charge is -2.18. The Labute approximate surface area is 225 Å². The van der Waals surface area contributed by atoms with Crippen molar-refractivity contribution in [2.24, 2.45) is 0 Å². The Bertz CT molecular complexity index is 1580. The fraction of sp³-hybridized carbons (Fsp3) is 0.156. The van der Waals surface area contributed by atoms with Gasteiger partial charge in [-0.05, 0) is 59.0 Å². The van der Waals surface area contributed by atoms with Crippen LogP contribution < -0.4 is 14.8 Å². The van der Waals surface area contributed by atoms with Gasteiger partial charge in [-0.3, -0.25) is 4.98 Å². The highest BCUT2D eigenvalue weighted by atomic mass is 19.4. The van der Waals surface area contributed by atoms with Crippen LogP contribution in [-0.4, -0.2) is 19.2 Å². The van der Waals surface area contributed by atoms with Crippen molar-refractivity contribution in [2.45, 2.75) is 19.1 Å². The molecule has 0 radical (unpaired) electrons. The van der Waals surface area contributed by atoms with E-state index < -0.39 is 11.7 Å². The molecule has 0 saturated heterocycles. The van der Waals surface area contributed by atoms with Gasteiger partial charge in [0, 0.05) is 23.8 Å². The summed E-state index contributed by atoms with van der Waals surface area (Å²) in [5, 5.41) is 3.88. The van der Waals surface area contributed by atoms with Crippen LogP contribution in [0, 0.1) is 0 Å². The van der Waals surface area contributed by atoms with E-state index in [0.717, 1.165) is 39.6 Å². The van der Waals surface area contributed by atoms with Crippen molar-refractivity contribution in [3.05, 3.63) is 119 Å². The number of halogens is 3. The molecule has 1 aromatic heterocycles. The van der Waals surface area contributed by atoms with Gasteiger partial charge in [0.25, 0.3) is 0 Å². The summed E-state index contributed by atoms with van der Waals surface area (Å²) in [7, 11) is 3.22. The summed E-state index contributed by atoms with van der Waals surface area (Å²) in [6.07, 6.45) is -2.41. The lowest BCUT2D eigenvalue weighted by molar-refractivity contribution is -0.136. The fourth-order valence-corrected chi connectivity index (χ4v) is 4.86. The predicted molar refractivity (Wildman–Crippen MR) is 148 cm³/mol. The van der Waals surface area contributed by atoms with Crippen molar-refractivity contribution in [1.82, 2.24) is 4.98 Å². The highest BCUT2D eigenvalue weighted by Gasteiger charge is 2.33. The highest BCUT2D eigenvalue weighted by Crippen LogP contribution is 2.39. The zero-order valence-electron chi connectivity index (χ0n) is 21.5. The van der Waals surface area contributed by atoms with E-state index in [-0.39, 0.29) is 5.52 Å². The van der Waals surface area contributed by atoms with Crippen LogP contribution in [0.25, 0.3) is 22.0 Å². The number of methoxy groups -OCH3 is 2. The number of nitrogens with one attached hydrogen (secondary N) is 1. The number of para-hydroxylation sites is 1. The van der Waals surface area contributed by atoms with E-state index in [9.17, 15) is 13.2 Å². The monoisotopic (exact) mass is 528 g/mol. The zero-order chi connectivity index (χ0) is 27.4. The van der Waals surface area contributed by atoms with E-state index >= 15 is 0 Å². The van der Waals surface area contributed by atoms with Gasteiger partial charge >= 0.3 is 6.18 Å². The lowest BCUT2D eigenvalue weighted by Crippen LogP contribution is -2.07.